The maximum Gasteiger partial charge on any atom is 0.140 e. The Morgan fingerprint density at radius 2 is 2.18 bits per heavy atom. The van der Waals surface area contributed by atoms with Gasteiger partial charge in [-0.05, 0) is 24.0 Å². The zero-order valence-corrected chi connectivity index (χ0v) is 10.6. The summed E-state index contributed by atoms with van der Waals surface area (Å²) in [6, 6.07) is 2.05. The number of hydrogen-bond donors (Lipinski definition) is 0. The molecule has 2 nitrogen and oxygen atoms in total. The monoisotopic (exact) mass is 230 g/mol. The quantitative estimate of drug-likeness (QED) is 0.676. The molecule has 2 heterocycles. The van der Waals surface area contributed by atoms with E-state index in [1.54, 1.807) is 6.26 Å². The van der Waals surface area contributed by atoms with Crippen LogP contribution in [0.15, 0.2) is 23.3 Å². The first-order chi connectivity index (χ1) is 8.01. The molecule has 0 amide bonds. The summed E-state index contributed by atoms with van der Waals surface area (Å²) in [4.78, 5) is 0. The fourth-order valence-corrected chi connectivity index (χ4v) is 4.60. The standard InChI is InChI=1S/C15H18O2/c1-8-7-11-15(4)9(2)10-5-6-16-12(10)13(17-11)14(8,15)3/h5-6,8,11,13H,2,7H2,1,3-4H3. The molecule has 0 radical (unpaired) electrons. The lowest BCUT2D eigenvalue weighted by molar-refractivity contribution is -0.0620. The number of hydrogen-bond acceptors (Lipinski definition) is 2. The molecule has 0 spiro atoms. The first-order valence-corrected chi connectivity index (χ1v) is 6.44. The van der Waals surface area contributed by atoms with E-state index in [9.17, 15) is 0 Å². The average molecular weight is 230 g/mol. The second-order valence-electron chi connectivity index (χ2n) is 6.30. The predicted octanol–water partition coefficient (Wildman–Crippen LogP) is 3.80. The van der Waals surface area contributed by atoms with Gasteiger partial charge in [-0.15, -0.1) is 0 Å². The van der Waals surface area contributed by atoms with E-state index in [1.165, 1.54) is 11.1 Å². The molecule has 1 saturated carbocycles. The van der Waals surface area contributed by atoms with Crippen LogP contribution in [0.5, 0.6) is 0 Å². The Hall–Kier alpha value is -1.02. The molecule has 1 aromatic heterocycles. The molecule has 0 aromatic carbocycles. The van der Waals surface area contributed by atoms with E-state index < -0.39 is 0 Å². The van der Waals surface area contributed by atoms with E-state index in [0.29, 0.717) is 12.0 Å². The summed E-state index contributed by atoms with van der Waals surface area (Å²) in [5.41, 5.74) is 2.62. The van der Waals surface area contributed by atoms with Crippen molar-refractivity contribution in [1.29, 1.82) is 0 Å². The summed E-state index contributed by atoms with van der Waals surface area (Å²) >= 11 is 0. The van der Waals surface area contributed by atoms with Crippen LogP contribution in [0.25, 0.3) is 5.57 Å². The first-order valence-electron chi connectivity index (χ1n) is 6.44. The molecule has 5 unspecified atom stereocenters. The molecular weight excluding hydrogens is 212 g/mol. The Kier molecular flexibility index (Phi) is 1.48. The number of rotatable bonds is 0. The van der Waals surface area contributed by atoms with Gasteiger partial charge in [0.25, 0.3) is 0 Å². The second-order valence-corrected chi connectivity index (χ2v) is 6.30. The van der Waals surface area contributed by atoms with E-state index in [2.05, 4.69) is 27.4 Å². The van der Waals surface area contributed by atoms with Gasteiger partial charge in [-0.3, -0.25) is 0 Å². The van der Waals surface area contributed by atoms with Crippen molar-refractivity contribution in [1.82, 2.24) is 0 Å². The molecule has 5 atom stereocenters. The highest BCUT2D eigenvalue weighted by Gasteiger charge is 2.73. The molecule has 4 rings (SSSR count). The van der Waals surface area contributed by atoms with Crippen molar-refractivity contribution in [2.75, 3.05) is 0 Å². The Bertz CT molecular complexity index is 529. The summed E-state index contributed by atoms with van der Waals surface area (Å²) < 4.78 is 11.9. The Labute approximate surface area is 102 Å². The lowest BCUT2D eigenvalue weighted by Gasteiger charge is -2.46. The van der Waals surface area contributed by atoms with E-state index in [-0.39, 0.29) is 16.9 Å². The lowest BCUT2D eigenvalue weighted by Crippen LogP contribution is -2.42. The lowest BCUT2D eigenvalue weighted by atomic mass is 9.55. The third-order valence-electron chi connectivity index (χ3n) is 6.08. The Balaban J connectivity index is 2.06. The number of fused-ring (bicyclic) bond motifs is 2. The Morgan fingerprint density at radius 1 is 1.41 bits per heavy atom. The van der Waals surface area contributed by atoms with Crippen molar-refractivity contribution < 1.29 is 9.15 Å². The number of furan rings is 1. The smallest absolute Gasteiger partial charge is 0.140 e. The van der Waals surface area contributed by atoms with Crippen LogP contribution in [0.1, 0.15) is 44.6 Å². The van der Waals surface area contributed by atoms with Crippen LogP contribution in [0.3, 0.4) is 0 Å². The summed E-state index contributed by atoms with van der Waals surface area (Å²) in [6.07, 6.45) is 3.34. The minimum atomic E-state index is 0.0773. The molecule has 2 fully saturated rings. The topological polar surface area (TPSA) is 22.4 Å². The number of ether oxygens (including phenoxy) is 1. The molecule has 1 saturated heterocycles. The van der Waals surface area contributed by atoms with Gasteiger partial charge in [0.15, 0.2) is 0 Å². The fourth-order valence-electron chi connectivity index (χ4n) is 4.60. The first kappa shape index (κ1) is 9.95. The molecule has 2 heteroatoms. The molecule has 90 valence electrons. The minimum Gasteiger partial charge on any atom is -0.466 e. The predicted molar refractivity (Wildman–Crippen MR) is 65.4 cm³/mol. The van der Waals surface area contributed by atoms with Gasteiger partial charge >= 0.3 is 0 Å². The SMILES string of the molecule is C=C1c2ccoc2C2OC3CC(C)C2(C)C13C. The van der Waals surface area contributed by atoms with Crippen LogP contribution < -0.4 is 0 Å². The molecule has 0 N–H and O–H groups in total. The third-order valence-corrected chi connectivity index (χ3v) is 6.08. The molecule has 17 heavy (non-hydrogen) atoms. The highest BCUT2D eigenvalue weighted by molar-refractivity contribution is 5.75. The van der Waals surface area contributed by atoms with Crippen LogP contribution >= 0.6 is 0 Å². The van der Waals surface area contributed by atoms with Crippen molar-refractivity contribution in [2.24, 2.45) is 16.7 Å². The highest BCUT2D eigenvalue weighted by atomic mass is 16.5. The molecular formula is C15H18O2. The van der Waals surface area contributed by atoms with Crippen molar-refractivity contribution in [2.45, 2.75) is 39.4 Å². The van der Waals surface area contributed by atoms with Crippen molar-refractivity contribution in [3.05, 3.63) is 30.2 Å². The normalized spacial score (nSPS) is 50.8. The van der Waals surface area contributed by atoms with Crippen LogP contribution in [-0.2, 0) is 4.74 Å². The van der Waals surface area contributed by atoms with Crippen LogP contribution in [0.2, 0.25) is 0 Å². The maximum absolute atomic E-state index is 6.26. The van der Waals surface area contributed by atoms with Crippen LogP contribution in [0.4, 0.5) is 0 Å². The van der Waals surface area contributed by atoms with E-state index in [0.717, 1.165) is 12.2 Å². The maximum atomic E-state index is 6.26. The van der Waals surface area contributed by atoms with Crippen molar-refractivity contribution in [3.63, 3.8) is 0 Å². The van der Waals surface area contributed by atoms with Gasteiger partial charge in [-0.1, -0.05) is 27.4 Å². The zero-order chi connectivity index (χ0) is 12.0. The van der Waals surface area contributed by atoms with Gasteiger partial charge in [0.2, 0.25) is 0 Å². The van der Waals surface area contributed by atoms with Gasteiger partial charge in [-0.2, -0.15) is 0 Å². The van der Waals surface area contributed by atoms with Crippen LogP contribution in [0, 0.1) is 16.7 Å². The summed E-state index contributed by atoms with van der Waals surface area (Å²) in [7, 11) is 0. The molecule has 3 aliphatic rings. The van der Waals surface area contributed by atoms with E-state index in [1.807, 2.05) is 6.07 Å². The average Bonchev–Trinajstić information content (AvgIpc) is 2.88. The molecule has 1 aliphatic heterocycles. The Morgan fingerprint density at radius 3 is 2.94 bits per heavy atom. The van der Waals surface area contributed by atoms with Crippen molar-refractivity contribution >= 4 is 5.57 Å². The molecule has 4 bridgehead atoms. The summed E-state index contributed by atoms with van der Waals surface area (Å²) in [5.74, 6) is 1.66. The van der Waals surface area contributed by atoms with E-state index in [4.69, 9.17) is 9.15 Å². The third kappa shape index (κ3) is 0.751. The molecule has 1 aromatic rings. The largest absolute Gasteiger partial charge is 0.466 e. The molecule has 2 aliphatic carbocycles. The van der Waals surface area contributed by atoms with Gasteiger partial charge in [0.1, 0.15) is 11.9 Å². The van der Waals surface area contributed by atoms with Gasteiger partial charge in [0, 0.05) is 16.4 Å². The van der Waals surface area contributed by atoms with Crippen molar-refractivity contribution in [3.8, 4) is 0 Å². The summed E-state index contributed by atoms with van der Waals surface area (Å²) in [6.45, 7) is 11.4. The zero-order valence-electron chi connectivity index (χ0n) is 10.6. The fraction of sp³-hybridized carbons (Fsp3) is 0.600. The van der Waals surface area contributed by atoms with Gasteiger partial charge < -0.3 is 9.15 Å². The minimum absolute atomic E-state index is 0.0773. The van der Waals surface area contributed by atoms with Gasteiger partial charge in [-0.25, -0.2) is 0 Å². The highest BCUT2D eigenvalue weighted by Crippen LogP contribution is 2.76. The van der Waals surface area contributed by atoms with Gasteiger partial charge in [0.05, 0.1) is 12.4 Å². The van der Waals surface area contributed by atoms with E-state index >= 15 is 0 Å². The van der Waals surface area contributed by atoms with Crippen LogP contribution in [-0.4, -0.2) is 6.10 Å². The summed E-state index contributed by atoms with van der Waals surface area (Å²) in [5, 5.41) is 0. The second kappa shape index (κ2) is 2.54.